The third kappa shape index (κ3) is 3.97. The van der Waals surface area contributed by atoms with Crippen molar-refractivity contribution in [1.29, 1.82) is 5.26 Å². The van der Waals surface area contributed by atoms with E-state index in [4.69, 9.17) is 15.2 Å². The van der Waals surface area contributed by atoms with Crippen molar-refractivity contribution in [1.82, 2.24) is 0 Å². The molecule has 2 rings (SSSR count). The molecule has 0 aliphatic heterocycles. The maximum absolute atomic E-state index is 12.0. The number of anilines is 1. The van der Waals surface area contributed by atoms with E-state index in [9.17, 15) is 10.1 Å². The van der Waals surface area contributed by atoms with Crippen LogP contribution < -0.4 is 10.5 Å². The SMILES string of the molecule is CCOC(=O)c1sc(N)c(C#N)c1CSc1ccc(OC)cc1. The second-order valence-corrected chi connectivity index (χ2v) is 6.55. The summed E-state index contributed by atoms with van der Waals surface area (Å²) in [5.41, 5.74) is 6.85. The third-order valence-electron chi connectivity index (χ3n) is 3.05. The Balaban J connectivity index is 2.23. The van der Waals surface area contributed by atoms with E-state index in [1.807, 2.05) is 24.3 Å². The van der Waals surface area contributed by atoms with Gasteiger partial charge in [0.05, 0.1) is 19.3 Å². The first-order valence-electron chi connectivity index (χ1n) is 6.85. The van der Waals surface area contributed by atoms with Gasteiger partial charge in [0, 0.05) is 16.2 Å². The molecule has 23 heavy (non-hydrogen) atoms. The summed E-state index contributed by atoms with van der Waals surface area (Å²) in [5.74, 6) is 0.812. The van der Waals surface area contributed by atoms with E-state index in [-0.39, 0.29) is 6.61 Å². The first kappa shape index (κ1) is 17.2. The predicted molar refractivity (Wildman–Crippen MR) is 92.0 cm³/mol. The summed E-state index contributed by atoms with van der Waals surface area (Å²) in [6.45, 7) is 2.02. The fraction of sp³-hybridized carbons (Fsp3) is 0.250. The van der Waals surface area contributed by atoms with Gasteiger partial charge in [0.2, 0.25) is 0 Å². The zero-order valence-corrected chi connectivity index (χ0v) is 14.4. The van der Waals surface area contributed by atoms with Crippen molar-refractivity contribution in [3.63, 3.8) is 0 Å². The van der Waals surface area contributed by atoms with Gasteiger partial charge in [0.1, 0.15) is 21.7 Å². The van der Waals surface area contributed by atoms with E-state index in [2.05, 4.69) is 6.07 Å². The highest BCUT2D eigenvalue weighted by molar-refractivity contribution is 7.98. The molecule has 0 bridgehead atoms. The lowest BCUT2D eigenvalue weighted by Gasteiger charge is -2.05. The first-order chi connectivity index (χ1) is 11.1. The van der Waals surface area contributed by atoms with Crippen molar-refractivity contribution >= 4 is 34.1 Å². The normalized spacial score (nSPS) is 10.1. The average molecular weight is 348 g/mol. The molecule has 0 spiro atoms. The fourth-order valence-corrected chi connectivity index (χ4v) is 3.88. The molecule has 1 aromatic carbocycles. The summed E-state index contributed by atoms with van der Waals surface area (Å²) < 4.78 is 10.2. The number of thiophene rings is 1. The van der Waals surface area contributed by atoms with Crippen LogP contribution in [0.15, 0.2) is 29.2 Å². The minimum atomic E-state index is -0.434. The van der Waals surface area contributed by atoms with E-state index < -0.39 is 5.97 Å². The standard InChI is InChI=1S/C16H16N2O3S2/c1-3-21-16(19)14-13(12(8-17)15(18)23-14)9-22-11-6-4-10(20-2)5-7-11/h4-7H,3,9,18H2,1-2H3. The van der Waals surface area contributed by atoms with Gasteiger partial charge in [-0.3, -0.25) is 0 Å². The Bertz CT molecular complexity index is 733. The number of methoxy groups -OCH3 is 1. The number of rotatable bonds is 6. The van der Waals surface area contributed by atoms with Crippen LogP contribution in [0.25, 0.3) is 0 Å². The van der Waals surface area contributed by atoms with E-state index in [0.29, 0.717) is 26.8 Å². The number of carbonyl (C=O) groups is 1. The largest absolute Gasteiger partial charge is 0.497 e. The average Bonchev–Trinajstić information content (AvgIpc) is 2.89. The van der Waals surface area contributed by atoms with Gasteiger partial charge in [-0.1, -0.05) is 0 Å². The fourth-order valence-electron chi connectivity index (χ4n) is 1.93. The topological polar surface area (TPSA) is 85.3 Å². The van der Waals surface area contributed by atoms with E-state index in [0.717, 1.165) is 22.0 Å². The van der Waals surface area contributed by atoms with Gasteiger partial charge >= 0.3 is 5.97 Å². The molecule has 2 aromatic rings. The Kier molecular flexibility index (Phi) is 5.90. The van der Waals surface area contributed by atoms with Gasteiger partial charge < -0.3 is 15.2 Å². The van der Waals surface area contributed by atoms with Crippen LogP contribution in [0.4, 0.5) is 5.00 Å². The quantitative estimate of drug-likeness (QED) is 0.633. The number of carbonyl (C=O) groups excluding carboxylic acids is 1. The Morgan fingerprint density at radius 2 is 2.09 bits per heavy atom. The zero-order valence-electron chi connectivity index (χ0n) is 12.8. The Labute approximate surface area is 143 Å². The highest BCUT2D eigenvalue weighted by Gasteiger charge is 2.22. The molecule has 0 unspecified atom stereocenters. The number of thioether (sulfide) groups is 1. The summed E-state index contributed by atoms with van der Waals surface area (Å²) in [7, 11) is 1.61. The molecule has 0 saturated carbocycles. The summed E-state index contributed by atoms with van der Waals surface area (Å²) in [5, 5.41) is 9.64. The lowest BCUT2D eigenvalue weighted by atomic mass is 10.2. The van der Waals surface area contributed by atoms with Gasteiger partial charge in [-0.15, -0.1) is 23.1 Å². The lowest BCUT2D eigenvalue weighted by Crippen LogP contribution is -2.05. The molecule has 0 amide bonds. The molecule has 0 aliphatic rings. The van der Waals surface area contributed by atoms with Crippen LogP contribution in [-0.2, 0) is 10.5 Å². The maximum Gasteiger partial charge on any atom is 0.348 e. The van der Waals surface area contributed by atoms with Crippen molar-refractivity contribution in [2.75, 3.05) is 19.5 Å². The molecule has 0 fully saturated rings. The molecule has 0 saturated heterocycles. The van der Waals surface area contributed by atoms with Crippen LogP contribution in [0.1, 0.15) is 27.7 Å². The van der Waals surface area contributed by atoms with Crippen LogP contribution in [0.5, 0.6) is 5.75 Å². The summed E-state index contributed by atoms with van der Waals surface area (Å²) in [6.07, 6.45) is 0. The van der Waals surface area contributed by atoms with Crippen LogP contribution >= 0.6 is 23.1 Å². The monoisotopic (exact) mass is 348 g/mol. The number of nitriles is 1. The van der Waals surface area contributed by atoms with Crippen molar-refractivity contribution < 1.29 is 14.3 Å². The minimum absolute atomic E-state index is 0.281. The number of nitrogens with two attached hydrogens (primary N) is 1. The van der Waals surface area contributed by atoms with Crippen LogP contribution in [0, 0.1) is 11.3 Å². The highest BCUT2D eigenvalue weighted by atomic mass is 32.2. The van der Waals surface area contributed by atoms with Gasteiger partial charge in [-0.25, -0.2) is 4.79 Å². The third-order valence-corrected chi connectivity index (χ3v) is 5.13. The number of hydrogen-bond acceptors (Lipinski definition) is 7. The number of nitrogens with zero attached hydrogens (tertiary/aromatic N) is 1. The smallest absolute Gasteiger partial charge is 0.348 e. The number of hydrogen-bond donors (Lipinski definition) is 1. The molecule has 5 nitrogen and oxygen atoms in total. The van der Waals surface area contributed by atoms with Gasteiger partial charge in [0.25, 0.3) is 0 Å². The van der Waals surface area contributed by atoms with Crippen molar-refractivity contribution in [2.45, 2.75) is 17.6 Å². The van der Waals surface area contributed by atoms with Gasteiger partial charge in [0.15, 0.2) is 0 Å². The van der Waals surface area contributed by atoms with Crippen molar-refractivity contribution in [2.24, 2.45) is 0 Å². The maximum atomic E-state index is 12.0. The van der Waals surface area contributed by atoms with Crippen LogP contribution in [0.3, 0.4) is 0 Å². The van der Waals surface area contributed by atoms with Crippen LogP contribution in [-0.4, -0.2) is 19.7 Å². The van der Waals surface area contributed by atoms with Crippen molar-refractivity contribution in [3.05, 3.63) is 40.3 Å². The van der Waals surface area contributed by atoms with Gasteiger partial charge in [-0.05, 0) is 31.2 Å². The highest BCUT2D eigenvalue weighted by Crippen LogP contribution is 2.35. The molecule has 1 heterocycles. The number of nitrogen functional groups attached to an aromatic ring is 1. The molecule has 0 aliphatic carbocycles. The molecular formula is C16H16N2O3S2. The molecule has 2 N–H and O–H groups in total. The lowest BCUT2D eigenvalue weighted by molar-refractivity contribution is 0.0531. The minimum Gasteiger partial charge on any atom is -0.497 e. The van der Waals surface area contributed by atoms with E-state index in [1.165, 1.54) is 11.8 Å². The molecule has 7 heteroatoms. The first-order valence-corrected chi connectivity index (χ1v) is 8.66. The Morgan fingerprint density at radius 1 is 1.39 bits per heavy atom. The molecular weight excluding hydrogens is 332 g/mol. The van der Waals surface area contributed by atoms with E-state index in [1.54, 1.807) is 14.0 Å². The molecule has 120 valence electrons. The zero-order chi connectivity index (χ0) is 16.8. The Morgan fingerprint density at radius 3 is 2.65 bits per heavy atom. The van der Waals surface area contributed by atoms with E-state index >= 15 is 0 Å². The number of ether oxygens (including phenoxy) is 2. The second kappa shape index (κ2) is 7.90. The van der Waals surface area contributed by atoms with Gasteiger partial charge in [-0.2, -0.15) is 5.26 Å². The second-order valence-electron chi connectivity index (χ2n) is 4.45. The summed E-state index contributed by atoms with van der Waals surface area (Å²) >= 11 is 2.62. The van der Waals surface area contributed by atoms with Crippen molar-refractivity contribution in [3.8, 4) is 11.8 Å². The summed E-state index contributed by atoms with van der Waals surface area (Å²) in [6, 6.07) is 9.66. The Hall–Kier alpha value is -2.17. The summed E-state index contributed by atoms with van der Waals surface area (Å²) in [4.78, 5) is 13.5. The predicted octanol–water partition coefficient (Wildman–Crippen LogP) is 3.68. The molecule has 0 radical (unpaired) electrons. The molecule has 0 atom stereocenters. The van der Waals surface area contributed by atoms with Crippen LogP contribution in [0.2, 0.25) is 0 Å². The number of benzene rings is 1. The molecule has 1 aromatic heterocycles. The number of esters is 1.